The van der Waals surface area contributed by atoms with Gasteiger partial charge in [0.1, 0.15) is 5.75 Å². The second kappa shape index (κ2) is 5.79. The van der Waals surface area contributed by atoms with Crippen LogP contribution in [0.5, 0.6) is 5.75 Å². The van der Waals surface area contributed by atoms with Crippen molar-refractivity contribution >= 4 is 11.6 Å². The zero-order chi connectivity index (χ0) is 12.0. The Hall–Kier alpha value is -1.99. The number of nitrogens with zero attached hydrogens (tertiary/aromatic N) is 1. The summed E-state index contributed by atoms with van der Waals surface area (Å²) < 4.78 is 0. The van der Waals surface area contributed by atoms with Gasteiger partial charge in [0.15, 0.2) is 0 Å². The first-order valence-electron chi connectivity index (χ1n) is 4.85. The van der Waals surface area contributed by atoms with E-state index in [1.54, 1.807) is 19.2 Å². The number of rotatable bonds is 4. The van der Waals surface area contributed by atoms with Crippen molar-refractivity contribution in [2.75, 3.05) is 25.0 Å². The molecule has 0 aliphatic carbocycles. The summed E-state index contributed by atoms with van der Waals surface area (Å²) in [7, 11) is 1.67. The molecule has 1 amide bonds. The quantitative estimate of drug-likeness (QED) is 0.574. The molecule has 2 N–H and O–H groups in total. The van der Waals surface area contributed by atoms with Gasteiger partial charge in [-0.2, -0.15) is 0 Å². The highest BCUT2D eigenvalue weighted by Gasteiger charge is 2.09. The average molecular weight is 218 g/mol. The van der Waals surface area contributed by atoms with Gasteiger partial charge in [0, 0.05) is 12.7 Å². The van der Waals surface area contributed by atoms with E-state index in [0.717, 1.165) is 5.69 Å². The van der Waals surface area contributed by atoms with E-state index < -0.39 is 0 Å². The lowest BCUT2D eigenvalue weighted by Crippen LogP contribution is -2.35. The van der Waals surface area contributed by atoms with Gasteiger partial charge in [-0.25, -0.2) is 0 Å². The molecule has 0 saturated carbocycles. The number of phenols is 1. The molecule has 1 aromatic rings. The number of likely N-dealkylation sites (N-methyl/N-ethyl adjacent to an activating group) is 1. The molecule has 0 unspecified atom stereocenters. The highest BCUT2D eigenvalue weighted by Crippen LogP contribution is 2.16. The molecular weight excluding hydrogens is 204 g/mol. The number of phenolic OH excluding ortho intramolecular Hbond substituents is 1. The average Bonchev–Trinajstić information content (AvgIpc) is 2.29. The van der Waals surface area contributed by atoms with Crippen molar-refractivity contribution in [3.05, 3.63) is 24.3 Å². The van der Waals surface area contributed by atoms with E-state index in [-0.39, 0.29) is 18.2 Å². The number of carbonyl (C=O) groups excluding carboxylic acids is 1. The van der Waals surface area contributed by atoms with Gasteiger partial charge in [-0.05, 0) is 24.3 Å². The third-order valence-corrected chi connectivity index (χ3v) is 2.11. The lowest BCUT2D eigenvalue weighted by Gasteiger charge is -2.17. The third-order valence-electron chi connectivity index (χ3n) is 2.11. The maximum absolute atomic E-state index is 11.6. The molecule has 0 spiro atoms. The fraction of sp³-hybridized carbons (Fsp3) is 0.250. The molecule has 0 aliphatic rings. The van der Waals surface area contributed by atoms with Crippen LogP contribution in [0.2, 0.25) is 0 Å². The molecule has 4 nitrogen and oxygen atoms in total. The second-order valence-corrected chi connectivity index (χ2v) is 3.28. The van der Waals surface area contributed by atoms with Gasteiger partial charge in [0.2, 0.25) is 5.91 Å². The predicted octanol–water partition coefficient (Wildman–Crippen LogP) is 0.578. The number of nitrogens with one attached hydrogen (secondary N) is 1. The molecule has 16 heavy (non-hydrogen) atoms. The summed E-state index contributed by atoms with van der Waals surface area (Å²) in [6.45, 7) is 0.566. The van der Waals surface area contributed by atoms with Crippen LogP contribution in [0.15, 0.2) is 24.3 Å². The second-order valence-electron chi connectivity index (χ2n) is 3.28. The van der Waals surface area contributed by atoms with E-state index in [1.165, 1.54) is 17.0 Å². The van der Waals surface area contributed by atoms with Crippen LogP contribution in [-0.2, 0) is 4.79 Å². The molecule has 0 saturated heterocycles. The Morgan fingerprint density at radius 3 is 2.69 bits per heavy atom. The summed E-state index contributed by atoms with van der Waals surface area (Å²) in [5.41, 5.74) is 0.727. The third kappa shape index (κ3) is 3.30. The van der Waals surface area contributed by atoms with E-state index in [9.17, 15) is 4.79 Å². The van der Waals surface area contributed by atoms with Crippen molar-refractivity contribution in [2.45, 2.75) is 0 Å². The Morgan fingerprint density at radius 2 is 2.12 bits per heavy atom. The highest BCUT2D eigenvalue weighted by atomic mass is 16.3. The Kier molecular flexibility index (Phi) is 4.37. The van der Waals surface area contributed by atoms with Crippen LogP contribution in [0.25, 0.3) is 0 Å². The van der Waals surface area contributed by atoms with Crippen LogP contribution >= 0.6 is 0 Å². The fourth-order valence-corrected chi connectivity index (χ4v) is 1.18. The summed E-state index contributed by atoms with van der Waals surface area (Å²) in [4.78, 5) is 13.1. The summed E-state index contributed by atoms with van der Waals surface area (Å²) in [6, 6.07) is 6.42. The number of anilines is 1. The first-order chi connectivity index (χ1) is 7.65. The van der Waals surface area contributed by atoms with Gasteiger partial charge in [-0.15, -0.1) is 6.42 Å². The molecule has 1 aromatic carbocycles. The molecule has 1 rings (SSSR count). The summed E-state index contributed by atoms with van der Waals surface area (Å²) >= 11 is 0. The first-order valence-corrected chi connectivity index (χ1v) is 4.85. The summed E-state index contributed by atoms with van der Waals surface area (Å²) in [5, 5.41) is 11.9. The number of amides is 1. The molecule has 4 heteroatoms. The zero-order valence-electron chi connectivity index (χ0n) is 9.10. The SMILES string of the molecule is C#CCNCC(=O)N(C)c1ccc(O)cc1. The number of terminal acetylenes is 1. The van der Waals surface area contributed by atoms with Gasteiger partial charge >= 0.3 is 0 Å². The van der Waals surface area contributed by atoms with Crippen LogP contribution in [0, 0.1) is 12.3 Å². The topological polar surface area (TPSA) is 52.6 Å². The fourth-order valence-electron chi connectivity index (χ4n) is 1.18. The lowest BCUT2D eigenvalue weighted by atomic mass is 10.3. The van der Waals surface area contributed by atoms with E-state index >= 15 is 0 Å². The van der Waals surface area contributed by atoms with Crippen molar-refractivity contribution < 1.29 is 9.90 Å². The van der Waals surface area contributed by atoms with Gasteiger partial charge < -0.3 is 10.0 Å². The van der Waals surface area contributed by atoms with Crippen LogP contribution < -0.4 is 10.2 Å². The Morgan fingerprint density at radius 1 is 1.50 bits per heavy atom. The summed E-state index contributed by atoms with van der Waals surface area (Å²) in [5.74, 6) is 2.49. The van der Waals surface area contributed by atoms with E-state index in [4.69, 9.17) is 11.5 Å². The smallest absolute Gasteiger partial charge is 0.240 e. The normalized spacial score (nSPS) is 9.50. The highest BCUT2D eigenvalue weighted by molar-refractivity contribution is 5.94. The minimum atomic E-state index is -0.0825. The minimum Gasteiger partial charge on any atom is -0.508 e. The standard InChI is InChI=1S/C12H14N2O2/c1-3-8-13-9-12(16)14(2)10-4-6-11(15)7-5-10/h1,4-7,13,15H,8-9H2,2H3. The number of benzene rings is 1. The monoisotopic (exact) mass is 218 g/mol. The van der Waals surface area contributed by atoms with Crippen LogP contribution in [0.4, 0.5) is 5.69 Å². The maximum Gasteiger partial charge on any atom is 0.240 e. The van der Waals surface area contributed by atoms with Crippen molar-refractivity contribution in [3.63, 3.8) is 0 Å². The Bertz CT molecular complexity index is 392. The summed E-state index contributed by atoms with van der Waals surface area (Å²) in [6.07, 6.45) is 5.05. The Balaban J connectivity index is 2.57. The van der Waals surface area contributed by atoms with Crippen molar-refractivity contribution in [1.29, 1.82) is 0 Å². The zero-order valence-corrected chi connectivity index (χ0v) is 9.10. The minimum absolute atomic E-state index is 0.0825. The van der Waals surface area contributed by atoms with Gasteiger partial charge in [-0.1, -0.05) is 5.92 Å². The number of hydrogen-bond acceptors (Lipinski definition) is 3. The van der Waals surface area contributed by atoms with Gasteiger partial charge in [-0.3, -0.25) is 10.1 Å². The predicted molar refractivity (Wildman–Crippen MR) is 63.2 cm³/mol. The first kappa shape index (κ1) is 12.1. The Labute approximate surface area is 94.9 Å². The van der Waals surface area contributed by atoms with Crippen molar-refractivity contribution in [1.82, 2.24) is 5.32 Å². The van der Waals surface area contributed by atoms with Crippen molar-refractivity contribution in [2.24, 2.45) is 0 Å². The molecule has 84 valence electrons. The molecule has 0 bridgehead atoms. The maximum atomic E-state index is 11.6. The molecular formula is C12H14N2O2. The number of aromatic hydroxyl groups is 1. The van der Waals surface area contributed by atoms with E-state index in [2.05, 4.69) is 11.2 Å². The van der Waals surface area contributed by atoms with Gasteiger partial charge in [0.25, 0.3) is 0 Å². The van der Waals surface area contributed by atoms with Crippen LogP contribution in [0.1, 0.15) is 0 Å². The molecule has 0 radical (unpaired) electrons. The van der Waals surface area contributed by atoms with E-state index in [1.807, 2.05) is 0 Å². The molecule has 0 heterocycles. The number of carbonyl (C=O) groups is 1. The number of hydrogen-bond donors (Lipinski definition) is 2. The van der Waals surface area contributed by atoms with Crippen LogP contribution in [-0.4, -0.2) is 31.2 Å². The largest absolute Gasteiger partial charge is 0.508 e. The van der Waals surface area contributed by atoms with Gasteiger partial charge in [0.05, 0.1) is 13.1 Å². The van der Waals surface area contributed by atoms with E-state index in [0.29, 0.717) is 6.54 Å². The van der Waals surface area contributed by atoms with Crippen molar-refractivity contribution in [3.8, 4) is 18.1 Å². The molecule has 0 aromatic heterocycles. The van der Waals surface area contributed by atoms with Crippen LogP contribution in [0.3, 0.4) is 0 Å². The molecule has 0 aliphatic heterocycles. The molecule has 0 atom stereocenters. The lowest BCUT2D eigenvalue weighted by molar-refractivity contribution is -0.117. The molecule has 0 fully saturated rings.